The van der Waals surface area contributed by atoms with Gasteiger partial charge in [0, 0.05) is 11.8 Å². The first-order valence-electron chi connectivity index (χ1n) is 6.25. The van der Waals surface area contributed by atoms with Crippen molar-refractivity contribution in [2.75, 3.05) is 7.11 Å². The van der Waals surface area contributed by atoms with Crippen molar-refractivity contribution in [2.45, 2.75) is 6.04 Å². The van der Waals surface area contributed by atoms with E-state index in [1.807, 2.05) is 41.9 Å². The van der Waals surface area contributed by atoms with Gasteiger partial charge in [-0.15, -0.1) is 11.3 Å². The maximum absolute atomic E-state index is 5.75. The van der Waals surface area contributed by atoms with Gasteiger partial charge in [-0.2, -0.15) is 0 Å². The van der Waals surface area contributed by atoms with Gasteiger partial charge in [0.2, 0.25) is 0 Å². The van der Waals surface area contributed by atoms with Gasteiger partial charge in [0.1, 0.15) is 5.75 Å². The Bertz CT molecular complexity index is 726. The van der Waals surface area contributed by atoms with Crippen LogP contribution in [-0.4, -0.2) is 12.1 Å². The minimum atomic E-state index is -0.148. The van der Waals surface area contributed by atoms with E-state index in [9.17, 15) is 0 Å². The topological polar surface area (TPSA) is 60.2 Å². The maximum Gasteiger partial charge on any atom is 0.124 e. The molecule has 1 atom stereocenters. The van der Waals surface area contributed by atoms with E-state index in [2.05, 4.69) is 16.5 Å². The second kappa shape index (κ2) is 5.58. The van der Waals surface area contributed by atoms with Gasteiger partial charge in [-0.25, -0.2) is 5.43 Å². The standard InChI is InChI=1S/C15H15N3OS/c1-19-13-5-3-2-4-11(13)15(18-16)10-8-14-12(17-9-10)6-7-20-14/h2-9,15,18H,16H2,1H3. The smallest absolute Gasteiger partial charge is 0.124 e. The summed E-state index contributed by atoms with van der Waals surface area (Å²) in [5, 5.41) is 2.04. The second-order valence-corrected chi connectivity index (χ2v) is 5.36. The summed E-state index contributed by atoms with van der Waals surface area (Å²) in [7, 11) is 1.66. The number of pyridine rings is 1. The molecule has 20 heavy (non-hydrogen) atoms. The molecule has 2 aromatic heterocycles. The van der Waals surface area contributed by atoms with Crippen LogP contribution in [0.2, 0.25) is 0 Å². The first-order chi connectivity index (χ1) is 9.83. The first-order valence-corrected chi connectivity index (χ1v) is 7.13. The zero-order valence-corrected chi connectivity index (χ0v) is 11.9. The highest BCUT2D eigenvalue weighted by Crippen LogP contribution is 2.31. The minimum absolute atomic E-state index is 0.148. The van der Waals surface area contributed by atoms with E-state index in [-0.39, 0.29) is 6.04 Å². The van der Waals surface area contributed by atoms with Gasteiger partial charge in [0.25, 0.3) is 0 Å². The van der Waals surface area contributed by atoms with E-state index < -0.39 is 0 Å². The van der Waals surface area contributed by atoms with E-state index in [0.717, 1.165) is 27.1 Å². The molecule has 0 aliphatic heterocycles. The van der Waals surface area contributed by atoms with Gasteiger partial charge in [-0.1, -0.05) is 18.2 Å². The molecule has 2 heterocycles. The third-order valence-electron chi connectivity index (χ3n) is 3.27. The Labute approximate surface area is 121 Å². The lowest BCUT2D eigenvalue weighted by atomic mass is 10.00. The number of nitrogens with two attached hydrogens (primary N) is 1. The summed E-state index contributed by atoms with van der Waals surface area (Å²) in [5.74, 6) is 6.56. The third-order valence-corrected chi connectivity index (χ3v) is 4.13. The van der Waals surface area contributed by atoms with Crippen molar-refractivity contribution in [1.29, 1.82) is 0 Å². The first kappa shape index (κ1) is 13.1. The number of hydrazine groups is 1. The van der Waals surface area contributed by atoms with Crippen LogP contribution in [-0.2, 0) is 0 Å². The highest BCUT2D eigenvalue weighted by atomic mass is 32.1. The lowest BCUT2D eigenvalue weighted by molar-refractivity contribution is 0.404. The number of hydrogen-bond donors (Lipinski definition) is 2. The number of nitrogens with one attached hydrogen (secondary N) is 1. The molecule has 0 aliphatic rings. The van der Waals surface area contributed by atoms with Crippen LogP contribution in [0.3, 0.4) is 0 Å². The van der Waals surface area contributed by atoms with E-state index in [4.69, 9.17) is 10.6 Å². The lowest BCUT2D eigenvalue weighted by Gasteiger charge is -2.19. The summed E-state index contributed by atoms with van der Waals surface area (Å²) in [6, 6.07) is 11.8. The van der Waals surface area contributed by atoms with Crippen LogP contribution in [0.5, 0.6) is 5.75 Å². The predicted molar refractivity (Wildman–Crippen MR) is 81.8 cm³/mol. The summed E-state index contributed by atoms with van der Waals surface area (Å²) < 4.78 is 6.56. The Balaban J connectivity index is 2.08. The Morgan fingerprint density at radius 1 is 1.30 bits per heavy atom. The average molecular weight is 285 g/mol. The molecular formula is C15H15N3OS. The molecule has 0 spiro atoms. The van der Waals surface area contributed by atoms with Crippen LogP contribution < -0.4 is 16.0 Å². The largest absolute Gasteiger partial charge is 0.496 e. The van der Waals surface area contributed by atoms with Crippen molar-refractivity contribution >= 4 is 21.6 Å². The van der Waals surface area contributed by atoms with Crippen molar-refractivity contribution in [3.05, 3.63) is 59.1 Å². The SMILES string of the molecule is COc1ccccc1C(NN)c1cnc2ccsc2c1. The lowest BCUT2D eigenvalue weighted by Crippen LogP contribution is -2.29. The van der Waals surface area contributed by atoms with Crippen molar-refractivity contribution < 1.29 is 4.74 Å². The van der Waals surface area contributed by atoms with Crippen LogP contribution in [0.25, 0.3) is 10.2 Å². The van der Waals surface area contributed by atoms with Gasteiger partial charge in [-0.3, -0.25) is 10.8 Å². The molecule has 3 rings (SSSR count). The van der Waals surface area contributed by atoms with E-state index in [1.165, 1.54) is 0 Å². The third kappa shape index (κ3) is 2.27. The normalized spacial score (nSPS) is 12.5. The molecule has 1 aromatic carbocycles. The number of para-hydroxylation sites is 1. The van der Waals surface area contributed by atoms with Crippen molar-refractivity contribution in [2.24, 2.45) is 5.84 Å². The maximum atomic E-state index is 5.75. The predicted octanol–water partition coefficient (Wildman–Crippen LogP) is 2.86. The van der Waals surface area contributed by atoms with Crippen LogP contribution in [0.1, 0.15) is 17.2 Å². The Morgan fingerprint density at radius 2 is 2.15 bits per heavy atom. The number of methoxy groups -OCH3 is 1. The molecule has 3 aromatic rings. The molecule has 0 aliphatic carbocycles. The molecule has 0 saturated carbocycles. The molecule has 1 unspecified atom stereocenters. The summed E-state index contributed by atoms with van der Waals surface area (Å²) >= 11 is 1.67. The summed E-state index contributed by atoms with van der Waals surface area (Å²) in [5.41, 5.74) is 5.88. The number of rotatable bonds is 4. The van der Waals surface area contributed by atoms with Crippen molar-refractivity contribution in [3.8, 4) is 5.75 Å². The Morgan fingerprint density at radius 3 is 2.95 bits per heavy atom. The van der Waals surface area contributed by atoms with E-state index >= 15 is 0 Å². The van der Waals surface area contributed by atoms with Gasteiger partial charge in [0.15, 0.2) is 0 Å². The minimum Gasteiger partial charge on any atom is -0.496 e. The van der Waals surface area contributed by atoms with E-state index in [0.29, 0.717) is 0 Å². The monoisotopic (exact) mass is 285 g/mol. The number of hydrogen-bond acceptors (Lipinski definition) is 5. The number of ether oxygens (including phenoxy) is 1. The van der Waals surface area contributed by atoms with E-state index in [1.54, 1.807) is 18.4 Å². The van der Waals surface area contributed by atoms with Crippen LogP contribution >= 0.6 is 11.3 Å². The zero-order valence-electron chi connectivity index (χ0n) is 11.0. The average Bonchev–Trinajstić information content (AvgIpc) is 2.96. The molecule has 4 nitrogen and oxygen atoms in total. The van der Waals surface area contributed by atoms with Crippen molar-refractivity contribution in [1.82, 2.24) is 10.4 Å². The number of fused-ring (bicyclic) bond motifs is 1. The molecule has 102 valence electrons. The van der Waals surface area contributed by atoms with Crippen LogP contribution in [0, 0.1) is 0 Å². The van der Waals surface area contributed by atoms with Gasteiger partial charge in [-0.05, 0) is 29.1 Å². The summed E-state index contributed by atoms with van der Waals surface area (Å²) in [6.07, 6.45) is 1.85. The van der Waals surface area contributed by atoms with Gasteiger partial charge < -0.3 is 4.74 Å². The fourth-order valence-electron chi connectivity index (χ4n) is 2.29. The quantitative estimate of drug-likeness (QED) is 0.571. The molecule has 0 saturated heterocycles. The molecule has 5 heteroatoms. The number of thiophene rings is 1. The fraction of sp³-hybridized carbons (Fsp3) is 0.133. The summed E-state index contributed by atoms with van der Waals surface area (Å²) in [4.78, 5) is 4.47. The Hall–Kier alpha value is -1.95. The Kier molecular flexibility index (Phi) is 3.64. The van der Waals surface area contributed by atoms with Gasteiger partial charge >= 0.3 is 0 Å². The molecule has 3 N–H and O–H groups in total. The molecular weight excluding hydrogens is 270 g/mol. The van der Waals surface area contributed by atoms with Crippen molar-refractivity contribution in [3.63, 3.8) is 0 Å². The molecule has 0 fully saturated rings. The highest BCUT2D eigenvalue weighted by Gasteiger charge is 2.17. The molecule has 0 amide bonds. The number of aromatic nitrogens is 1. The second-order valence-electron chi connectivity index (χ2n) is 4.41. The molecule has 0 radical (unpaired) electrons. The number of benzene rings is 1. The van der Waals surface area contributed by atoms with Crippen LogP contribution in [0.15, 0.2) is 48.0 Å². The summed E-state index contributed by atoms with van der Waals surface area (Å²) in [6.45, 7) is 0. The zero-order chi connectivity index (χ0) is 13.9. The number of nitrogens with zero attached hydrogens (tertiary/aromatic N) is 1. The van der Waals surface area contributed by atoms with Crippen LogP contribution in [0.4, 0.5) is 0 Å². The fourth-order valence-corrected chi connectivity index (χ4v) is 3.08. The highest BCUT2D eigenvalue weighted by molar-refractivity contribution is 7.17. The molecule has 0 bridgehead atoms. The van der Waals surface area contributed by atoms with Gasteiger partial charge in [0.05, 0.1) is 23.4 Å².